The smallest absolute Gasteiger partial charge is 0.253 e. The fraction of sp³-hybridized carbons (Fsp3) is 0.571. The average molecular weight is 249 g/mol. The van der Waals surface area contributed by atoms with E-state index < -0.39 is 0 Å². The monoisotopic (exact) mass is 249 g/mol. The van der Waals surface area contributed by atoms with E-state index in [-0.39, 0.29) is 11.9 Å². The maximum Gasteiger partial charge on any atom is 0.253 e. The third kappa shape index (κ3) is 5.17. The Morgan fingerprint density at radius 2 is 2.11 bits per heavy atom. The van der Waals surface area contributed by atoms with E-state index in [1.165, 1.54) is 12.8 Å². The predicted molar refractivity (Wildman–Crippen MR) is 74.9 cm³/mol. The summed E-state index contributed by atoms with van der Waals surface area (Å²) in [6.45, 7) is 6.99. The molecule has 18 heavy (non-hydrogen) atoms. The number of hydrogen-bond donors (Lipinski definition) is 2. The van der Waals surface area contributed by atoms with E-state index in [1.54, 1.807) is 12.4 Å². The third-order valence-corrected chi connectivity index (χ3v) is 2.53. The van der Waals surface area contributed by atoms with Crippen LogP contribution in [0.1, 0.15) is 50.4 Å². The van der Waals surface area contributed by atoms with Gasteiger partial charge in [-0.05, 0) is 26.3 Å². The summed E-state index contributed by atoms with van der Waals surface area (Å²) in [4.78, 5) is 15.9. The van der Waals surface area contributed by atoms with Gasteiger partial charge >= 0.3 is 0 Å². The molecule has 0 aliphatic heterocycles. The van der Waals surface area contributed by atoms with Gasteiger partial charge in [-0.2, -0.15) is 0 Å². The summed E-state index contributed by atoms with van der Waals surface area (Å²) in [5.74, 6) is -0.0743. The molecule has 0 fully saturated rings. The second-order valence-electron chi connectivity index (χ2n) is 4.72. The summed E-state index contributed by atoms with van der Waals surface area (Å²) in [5.41, 5.74) is 1.51. The largest absolute Gasteiger partial charge is 0.384 e. The lowest BCUT2D eigenvalue weighted by atomic mass is 10.2. The van der Waals surface area contributed by atoms with Crippen LogP contribution in [0.3, 0.4) is 0 Å². The summed E-state index contributed by atoms with van der Waals surface area (Å²) in [7, 11) is 0. The number of hydrogen-bond acceptors (Lipinski definition) is 3. The van der Waals surface area contributed by atoms with Crippen molar-refractivity contribution in [1.82, 2.24) is 10.3 Å². The number of carbonyl (C=O) groups excluding carboxylic acids is 1. The van der Waals surface area contributed by atoms with Gasteiger partial charge in [-0.15, -0.1) is 0 Å². The van der Waals surface area contributed by atoms with E-state index in [1.807, 2.05) is 19.9 Å². The number of aromatic nitrogens is 1. The van der Waals surface area contributed by atoms with E-state index >= 15 is 0 Å². The molecule has 2 N–H and O–H groups in total. The number of pyridine rings is 1. The first-order chi connectivity index (χ1) is 8.63. The van der Waals surface area contributed by atoms with Gasteiger partial charge in [-0.1, -0.05) is 19.8 Å². The van der Waals surface area contributed by atoms with Crippen LogP contribution in [0.2, 0.25) is 0 Å². The molecular formula is C14H23N3O. The van der Waals surface area contributed by atoms with Gasteiger partial charge in [0.1, 0.15) is 0 Å². The van der Waals surface area contributed by atoms with Crippen molar-refractivity contribution >= 4 is 11.6 Å². The highest BCUT2D eigenvalue weighted by atomic mass is 16.1. The Morgan fingerprint density at radius 3 is 2.78 bits per heavy atom. The lowest BCUT2D eigenvalue weighted by Crippen LogP contribution is -2.30. The van der Waals surface area contributed by atoms with Crippen molar-refractivity contribution in [3.05, 3.63) is 24.0 Å². The number of amides is 1. The molecule has 1 aromatic heterocycles. The summed E-state index contributed by atoms with van der Waals surface area (Å²) in [5, 5.41) is 6.14. The molecule has 0 bridgehead atoms. The summed E-state index contributed by atoms with van der Waals surface area (Å²) >= 11 is 0. The molecule has 0 unspecified atom stereocenters. The highest BCUT2D eigenvalue weighted by molar-refractivity contribution is 5.94. The van der Waals surface area contributed by atoms with E-state index in [4.69, 9.17) is 0 Å². The molecule has 100 valence electrons. The second-order valence-corrected chi connectivity index (χ2v) is 4.72. The van der Waals surface area contributed by atoms with Crippen LogP contribution in [-0.2, 0) is 0 Å². The molecular weight excluding hydrogens is 226 g/mol. The van der Waals surface area contributed by atoms with E-state index in [9.17, 15) is 4.79 Å². The van der Waals surface area contributed by atoms with Crippen molar-refractivity contribution in [1.29, 1.82) is 0 Å². The molecule has 1 aromatic rings. The van der Waals surface area contributed by atoms with Crippen molar-refractivity contribution in [2.75, 3.05) is 11.9 Å². The van der Waals surface area contributed by atoms with Crippen LogP contribution in [0.25, 0.3) is 0 Å². The van der Waals surface area contributed by atoms with Crippen LogP contribution in [0.15, 0.2) is 18.5 Å². The van der Waals surface area contributed by atoms with Crippen LogP contribution in [-0.4, -0.2) is 23.5 Å². The fourth-order valence-electron chi connectivity index (χ4n) is 1.61. The predicted octanol–water partition coefficient (Wildman–Crippen LogP) is 2.82. The molecule has 0 aromatic carbocycles. The normalized spacial score (nSPS) is 10.4. The van der Waals surface area contributed by atoms with Crippen molar-refractivity contribution in [3.8, 4) is 0 Å². The Balaban J connectivity index is 2.53. The maximum absolute atomic E-state index is 11.8. The number of carbonyl (C=O) groups is 1. The molecule has 1 amide bonds. The van der Waals surface area contributed by atoms with Crippen LogP contribution in [0.4, 0.5) is 5.69 Å². The topological polar surface area (TPSA) is 54.0 Å². The number of unbranched alkanes of at least 4 members (excludes halogenated alkanes) is 2. The summed E-state index contributed by atoms with van der Waals surface area (Å²) in [6, 6.07) is 1.98. The van der Waals surface area contributed by atoms with Crippen LogP contribution in [0.5, 0.6) is 0 Å². The SMILES string of the molecule is CCCCCNc1cncc(C(=O)NC(C)C)c1. The standard InChI is InChI=1S/C14H23N3O/c1-4-5-6-7-16-13-8-12(9-15-10-13)14(18)17-11(2)3/h8-11,16H,4-7H2,1-3H3,(H,17,18). The average Bonchev–Trinajstić information content (AvgIpc) is 2.34. The van der Waals surface area contributed by atoms with Crippen molar-refractivity contribution in [3.63, 3.8) is 0 Å². The summed E-state index contributed by atoms with van der Waals surface area (Å²) in [6.07, 6.45) is 6.90. The quantitative estimate of drug-likeness (QED) is 0.731. The molecule has 0 radical (unpaired) electrons. The second kappa shape index (κ2) is 7.69. The Bertz CT molecular complexity index is 377. The Kier molecular flexibility index (Phi) is 6.19. The first-order valence-corrected chi connectivity index (χ1v) is 6.63. The van der Waals surface area contributed by atoms with Gasteiger partial charge in [-0.25, -0.2) is 0 Å². The van der Waals surface area contributed by atoms with Crippen LogP contribution < -0.4 is 10.6 Å². The number of anilines is 1. The van der Waals surface area contributed by atoms with Crippen molar-refractivity contribution in [2.24, 2.45) is 0 Å². The first-order valence-electron chi connectivity index (χ1n) is 6.63. The van der Waals surface area contributed by atoms with Crippen molar-refractivity contribution < 1.29 is 4.79 Å². The van der Waals surface area contributed by atoms with Crippen molar-refractivity contribution in [2.45, 2.75) is 46.1 Å². The Labute approximate surface area is 109 Å². The molecule has 4 nitrogen and oxygen atoms in total. The minimum absolute atomic E-state index is 0.0743. The molecule has 0 aliphatic rings. The van der Waals surface area contributed by atoms with Gasteiger partial charge in [0.2, 0.25) is 0 Å². The number of nitrogens with one attached hydrogen (secondary N) is 2. The maximum atomic E-state index is 11.8. The van der Waals surface area contributed by atoms with E-state index in [2.05, 4.69) is 22.5 Å². The lowest BCUT2D eigenvalue weighted by molar-refractivity contribution is 0.0943. The highest BCUT2D eigenvalue weighted by Gasteiger charge is 2.07. The molecule has 0 atom stereocenters. The molecule has 1 heterocycles. The Morgan fingerprint density at radius 1 is 1.33 bits per heavy atom. The molecule has 0 aliphatic carbocycles. The number of rotatable bonds is 7. The molecule has 4 heteroatoms. The van der Waals surface area contributed by atoms with Gasteiger partial charge in [0, 0.05) is 25.0 Å². The molecule has 0 saturated carbocycles. The Hall–Kier alpha value is -1.58. The molecule has 1 rings (SSSR count). The zero-order chi connectivity index (χ0) is 13.4. The van der Waals surface area contributed by atoms with Gasteiger partial charge in [0.25, 0.3) is 5.91 Å². The van der Waals surface area contributed by atoms with Crippen LogP contribution in [0, 0.1) is 0 Å². The minimum atomic E-state index is -0.0743. The third-order valence-electron chi connectivity index (χ3n) is 2.53. The zero-order valence-corrected chi connectivity index (χ0v) is 11.5. The zero-order valence-electron chi connectivity index (χ0n) is 11.5. The fourth-order valence-corrected chi connectivity index (χ4v) is 1.61. The van der Waals surface area contributed by atoms with Gasteiger partial charge < -0.3 is 10.6 Å². The first kappa shape index (κ1) is 14.5. The molecule has 0 spiro atoms. The number of nitrogens with zero attached hydrogens (tertiary/aromatic N) is 1. The van der Waals surface area contributed by atoms with Gasteiger partial charge in [0.05, 0.1) is 11.3 Å². The van der Waals surface area contributed by atoms with E-state index in [0.717, 1.165) is 18.7 Å². The minimum Gasteiger partial charge on any atom is -0.384 e. The van der Waals surface area contributed by atoms with Crippen LogP contribution >= 0.6 is 0 Å². The van der Waals surface area contributed by atoms with Gasteiger partial charge in [-0.3, -0.25) is 9.78 Å². The van der Waals surface area contributed by atoms with Gasteiger partial charge in [0.15, 0.2) is 0 Å². The summed E-state index contributed by atoms with van der Waals surface area (Å²) < 4.78 is 0. The molecule has 0 saturated heterocycles. The highest BCUT2D eigenvalue weighted by Crippen LogP contribution is 2.09. The lowest BCUT2D eigenvalue weighted by Gasteiger charge is -2.10. The van der Waals surface area contributed by atoms with E-state index in [0.29, 0.717) is 5.56 Å².